The molecule has 1 fully saturated rings. The van der Waals surface area contributed by atoms with Gasteiger partial charge in [-0.25, -0.2) is 4.98 Å². The lowest BCUT2D eigenvalue weighted by molar-refractivity contribution is 0.312. The van der Waals surface area contributed by atoms with Gasteiger partial charge in [0.05, 0.1) is 0 Å². The number of hydrogen-bond acceptors (Lipinski definition) is 3. The van der Waals surface area contributed by atoms with E-state index in [0.29, 0.717) is 0 Å². The van der Waals surface area contributed by atoms with E-state index in [-0.39, 0.29) is 0 Å². The van der Waals surface area contributed by atoms with E-state index in [4.69, 9.17) is 0 Å². The van der Waals surface area contributed by atoms with Crippen molar-refractivity contribution in [3.05, 3.63) is 42.6 Å². The Hall–Kier alpha value is -1.61. The predicted octanol–water partition coefficient (Wildman–Crippen LogP) is 2.03. The molecule has 0 atom stereocenters. The van der Waals surface area contributed by atoms with Gasteiger partial charge in [0, 0.05) is 32.4 Å². The first-order valence-corrected chi connectivity index (χ1v) is 5.98. The van der Waals surface area contributed by atoms with Crippen LogP contribution in [0.5, 0.6) is 0 Å². The molecule has 0 spiro atoms. The maximum absolute atomic E-state index is 4.50. The van der Waals surface area contributed by atoms with Gasteiger partial charge >= 0.3 is 0 Å². The van der Waals surface area contributed by atoms with Gasteiger partial charge in [0.25, 0.3) is 0 Å². The average molecular weight is 229 g/mol. The molecule has 0 saturated carbocycles. The Morgan fingerprint density at radius 3 is 2.59 bits per heavy atom. The molecule has 1 saturated heterocycles. The SMILES string of the molecule is C=C/C=C\c1ccc(N2CCN(C)CC2)nc1. The molecule has 2 rings (SSSR count). The number of piperazine rings is 1. The van der Waals surface area contributed by atoms with Crippen molar-refractivity contribution < 1.29 is 0 Å². The van der Waals surface area contributed by atoms with Crippen LogP contribution < -0.4 is 4.90 Å². The number of likely N-dealkylation sites (N-methyl/N-ethyl adjacent to an activating group) is 1. The van der Waals surface area contributed by atoms with Crippen molar-refractivity contribution in [3.63, 3.8) is 0 Å². The lowest BCUT2D eigenvalue weighted by Gasteiger charge is -2.33. The van der Waals surface area contributed by atoms with Gasteiger partial charge in [-0.3, -0.25) is 0 Å². The van der Waals surface area contributed by atoms with Crippen LogP contribution in [0.3, 0.4) is 0 Å². The van der Waals surface area contributed by atoms with Crippen molar-refractivity contribution in [2.45, 2.75) is 0 Å². The minimum atomic E-state index is 1.06. The molecule has 3 nitrogen and oxygen atoms in total. The van der Waals surface area contributed by atoms with Gasteiger partial charge < -0.3 is 9.80 Å². The molecule has 0 aliphatic carbocycles. The molecule has 0 aromatic carbocycles. The molecule has 0 amide bonds. The molecule has 1 aromatic heterocycles. The van der Waals surface area contributed by atoms with Crippen LogP contribution in [0.4, 0.5) is 5.82 Å². The molecule has 1 aliphatic rings. The second-order valence-corrected chi connectivity index (χ2v) is 4.33. The van der Waals surface area contributed by atoms with Crippen molar-refractivity contribution in [3.8, 4) is 0 Å². The fourth-order valence-electron chi connectivity index (χ4n) is 1.90. The highest BCUT2D eigenvalue weighted by Gasteiger charge is 2.14. The first-order valence-electron chi connectivity index (χ1n) is 5.98. The molecule has 90 valence electrons. The molecule has 3 heteroatoms. The maximum atomic E-state index is 4.50. The van der Waals surface area contributed by atoms with E-state index < -0.39 is 0 Å². The molecule has 1 aromatic rings. The second-order valence-electron chi connectivity index (χ2n) is 4.33. The van der Waals surface area contributed by atoms with Gasteiger partial charge in [-0.1, -0.05) is 24.8 Å². The van der Waals surface area contributed by atoms with E-state index in [9.17, 15) is 0 Å². The van der Waals surface area contributed by atoms with Crippen LogP contribution in [0.2, 0.25) is 0 Å². The Morgan fingerprint density at radius 1 is 1.24 bits per heavy atom. The van der Waals surface area contributed by atoms with Gasteiger partial charge in [-0.2, -0.15) is 0 Å². The first kappa shape index (κ1) is 11.9. The molecule has 0 N–H and O–H groups in total. The summed E-state index contributed by atoms with van der Waals surface area (Å²) in [5.74, 6) is 1.08. The summed E-state index contributed by atoms with van der Waals surface area (Å²) in [5, 5.41) is 0. The molecule has 1 aliphatic heterocycles. The molecular formula is C14H19N3. The van der Waals surface area contributed by atoms with Crippen molar-refractivity contribution >= 4 is 11.9 Å². The molecule has 0 unspecified atom stereocenters. The fraction of sp³-hybridized carbons (Fsp3) is 0.357. The van der Waals surface area contributed by atoms with Gasteiger partial charge in [0.1, 0.15) is 5.82 Å². The number of rotatable bonds is 3. The Labute approximate surface area is 103 Å². The van der Waals surface area contributed by atoms with Crippen LogP contribution in [0, 0.1) is 0 Å². The van der Waals surface area contributed by atoms with Crippen LogP contribution in [0.1, 0.15) is 5.56 Å². The Balaban J connectivity index is 2.02. The zero-order valence-electron chi connectivity index (χ0n) is 10.3. The minimum Gasteiger partial charge on any atom is -0.354 e. The van der Waals surface area contributed by atoms with Gasteiger partial charge in [0.15, 0.2) is 0 Å². The predicted molar refractivity (Wildman–Crippen MR) is 73.2 cm³/mol. The van der Waals surface area contributed by atoms with E-state index in [2.05, 4.69) is 40.5 Å². The normalized spacial score (nSPS) is 17.6. The summed E-state index contributed by atoms with van der Waals surface area (Å²) in [6.45, 7) is 8.00. The highest BCUT2D eigenvalue weighted by Crippen LogP contribution is 2.14. The van der Waals surface area contributed by atoms with Crippen LogP contribution in [-0.2, 0) is 0 Å². The van der Waals surface area contributed by atoms with E-state index in [1.165, 1.54) is 0 Å². The second kappa shape index (κ2) is 5.64. The Morgan fingerprint density at radius 2 is 2.00 bits per heavy atom. The zero-order valence-corrected chi connectivity index (χ0v) is 10.3. The lowest BCUT2D eigenvalue weighted by Crippen LogP contribution is -2.44. The third-order valence-corrected chi connectivity index (χ3v) is 3.02. The van der Waals surface area contributed by atoms with Crippen molar-refractivity contribution in [1.29, 1.82) is 0 Å². The van der Waals surface area contributed by atoms with E-state index in [1.807, 2.05) is 18.3 Å². The summed E-state index contributed by atoms with van der Waals surface area (Å²) in [5.41, 5.74) is 1.11. The Bertz CT molecular complexity index is 386. The van der Waals surface area contributed by atoms with Crippen molar-refractivity contribution in [1.82, 2.24) is 9.88 Å². The summed E-state index contributed by atoms with van der Waals surface area (Å²) < 4.78 is 0. The number of nitrogens with zero attached hydrogens (tertiary/aromatic N) is 3. The summed E-state index contributed by atoms with van der Waals surface area (Å²) in [6.07, 6.45) is 7.61. The van der Waals surface area contributed by atoms with Crippen LogP contribution in [0.15, 0.2) is 37.1 Å². The molecular weight excluding hydrogens is 210 g/mol. The van der Waals surface area contributed by atoms with Crippen LogP contribution >= 0.6 is 0 Å². The largest absolute Gasteiger partial charge is 0.354 e. The third kappa shape index (κ3) is 3.17. The molecule has 0 radical (unpaired) electrons. The summed E-state index contributed by atoms with van der Waals surface area (Å²) in [6, 6.07) is 4.19. The van der Waals surface area contributed by atoms with Crippen molar-refractivity contribution in [2.24, 2.45) is 0 Å². The fourth-order valence-corrected chi connectivity index (χ4v) is 1.90. The van der Waals surface area contributed by atoms with Gasteiger partial charge in [0.2, 0.25) is 0 Å². The smallest absolute Gasteiger partial charge is 0.128 e. The maximum Gasteiger partial charge on any atom is 0.128 e. The number of hydrogen-bond donors (Lipinski definition) is 0. The molecule has 0 bridgehead atoms. The Kier molecular flexibility index (Phi) is 3.94. The molecule has 2 heterocycles. The number of allylic oxidation sites excluding steroid dienone is 2. The third-order valence-electron chi connectivity index (χ3n) is 3.02. The van der Waals surface area contributed by atoms with E-state index in [1.54, 1.807) is 6.08 Å². The lowest BCUT2D eigenvalue weighted by atomic mass is 10.2. The standard InChI is InChI=1S/C14H19N3/c1-3-4-5-13-6-7-14(15-12-13)17-10-8-16(2)9-11-17/h3-7,12H,1,8-11H2,2H3/b5-4-. The van der Waals surface area contributed by atoms with Crippen molar-refractivity contribution in [2.75, 3.05) is 38.1 Å². The number of anilines is 1. The average Bonchev–Trinajstić information content (AvgIpc) is 2.38. The zero-order chi connectivity index (χ0) is 12.1. The quantitative estimate of drug-likeness (QED) is 0.739. The van der Waals surface area contributed by atoms with E-state index in [0.717, 1.165) is 37.6 Å². The van der Waals surface area contributed by atoms with Gasteiger partial charge in [-0.05, 0) is 24.7 Å². The van der Waals surface area contributed by atoms with Crippen LogP contribution in [-0.4, -0.2) is 43.1 Å². The van der Waals surface area contributed by atoms with Gasteiger partial charge in [-0.15, -0.1) is 0 Å². The summed E-state index contributed by atoms with van der Waals surface area (Å²) in [4.78, 5) is 9.18. The van der Waals surface area contributed by atoms with E-state index >= 15 is 0 Å². The molecule has 17 heavy (non-hydrogen) atoms. The highest BCUT2D eigenvalue weighted by atomic mass is 15.3. The monoisotopic (exact) mass is 229 g/mol. The summed E-state index contributed by atoms with van der Waals surface area (Å²) >= 11 is 0. The first-order chi connectivity index (χ1) is 8.29. The highest BCUT2D eigenvalue weighted by molar-refractivity contribution is 5.52. The number of pyridine rings is 1. The minimum absolute atomic E-state index is 1.06. The number of aromatic nitrogens is 1. The summed E-state index contributed by atoms with van der Waals surface area (Å²) in [7, 11) is 2.16. The van der Waals surface area contributed by atoms with Crippen LogP contribution in [0.25, 0.3) is 6.08 Å². The topological polar surface area (TPSA) is 19.4 Å².